The van der Waals surface area contributed by atoms with E-state index in [-0.39, 0.29) is 17.3 Å². The summed E-state index contributed by atoms with van der Waals surface area (Å²) in [5.74, 6) is 0.321. The maximum absolute atomic E-state index is 12.2. The monoisotopic (exact) mass is 279 g/mol. The second-order valence-electron chi connectivity index (χ2n) is 4.79. The van der Waals surface area contributed by atoms with Gasteiger partial charge in [-0.25, -0.2) is 0 Å². The first-order chi connectivity index (χ1) is 9.56. The summed E-state index contributed by atoms with van der Waals surface area (Å²) in [5, 5.41) is 13.6. The molecule has 1 aliphatic carbocycles. The van der Waals surface area contributed by atoms with Gasteiger partial charge in [0.2, 0.25) is 0 Å². The highest BCUT2D eigenvalue weighted by molar-refractivity contribution is 5.97. The SMILES string of the molecule is COc1ccc([N+](=O)[O-])cc1C(=O)NC(CN)C1CC1. The van der Waals surface area contributed by atoms with Gasteiger partial charge in [-0.1, -0.05) is 0 Å². The molecule has 1 atom stereocenters. The number of carbonyl (C=O) groups excluding carboxylic acids is 1. The van der Waals surface area contributed by atoms with Crippen molar-refractivity contribution < 1.29 is 14.5 Å². The minimum absolute atomic E-state index is 0.0912. The molecule has 0 saturated heterocycles. The Labute approximate surface area is 116 Å². The van der Waals surface area contributed by atoms with Crippen LogP contribution in [0.2, 0.25) is 0 Å². The Kier molecular flexibility index (Phi) is 4.19. The van der Waals surface area contributed by atoms with E-state index in [1.54, 1.807) is 0 Å². The number of nitro groups is 1. The molecule has 1 saturated carbocycles. The molecule has 7 nitrogen and oxygen atoms in total. The minimum Gasteiger partial charge on any atom is -0.496 e. The van der Waals surface area contributed by atoms with Crippen molar-refractivity contribution in [2.24, 2.45) is 11.7 Å². The third-order valence-electron chi connectivity index (χ3n) is 3.40. The Morgan fingerprint density at radius 2 is 2.30 bits per heavy atom. The summed E-state index contributed by atoms with van der Waals surface area (Å²) in [4.78, 5) is 22.5. The molecule has 0 spiro atoms. The lowest BCUT2D eigenvalue weighted by atomic mass is 10.1. The second kappa shape index (κ2) is 5.87. The van der Waals surface area contributed by atoms with Gasteiger partial charge in [-0.3, -0.25) is 14.9 Å². The van der Waals surface area contributed by atoms with E-state index < -0.39 is 10.8 Å². The van der Waals surface area contributed by atoms with E-state index in [1.165, 1.54) is 25.3 Å². The van der Waals surface area contributed by atoms with Crippen molar-refractivity contribution in [2.45, 2.75) is 18.9 Å². The number of nitrogens with zero attached hydrogens (tertiary/aromatic N) is 1. The zero-order valence-corrected chi connectivity index (χ0v) is 11.2. The summed E-state index contributed by atoms with van der Waals surface area (Å²) in [5.41, 5.74) is 5.64. The number of benzene rings is 1. The lowest BCUT2D eigenvalue weighted by Gasteiger charge is -2.17. The fourth-order valence-corrected chi connectivity index (χ4v) is 2.10. The Morgan fingerprint density at radius 1 is 1.60 bits per heavy atom. The highest BCUT2D eigenvalue weighted by atomic mass is 16.6. The topological polar surface area (TPSA) is 107 Å². The third kappa shape index (κ3) is 3.05. The van der Waals surface area contributed by atoms with E-state index in [0.29, 0.717) is 18.2 Å². The molecule has 0 heterocycles. The van der Waals surface area contributed by atoms with Crippen molar-refractivity contribution in [1.29, 1.82) is 0 Å². The second-order valence-corrected chi connectivity index (χ2v) is 4.79. The number of hydrogen-bond acceptors (Lipinski definition) is 5. The average Bonchev–Trinajstić information content (AvgIpc) is 3.28. The van der Waals surface area contributed by atoms with Gasteiger partial charge < -0.3 is 15.8 Å². The van der Waals surface area contributed by atoms with Crippen molar-refractivity contribution in [3.63, 3.8) is 0 Å². The van der Waals surface area contributed by atoms with E-state index in [9.17, 15) is 14.9 Å². The molecular formula is C13H17N3O4. The molecule has 0 bridgehead atoms. The van der Waals surface area contributed by atoms with Crippen LogP contribution < -0.4 is 15.8 Å². The van der Waals surface area contributed by atoms with Gasteiger partial charge in [-0.2, -0.15) is 0 Å². The summed E-state index contributed by atoms with van der Waals surface area (Å²) in [6.07, 6.45) is 2.10. The number of amides is 1. The molecule has 1 unspecified atom stereocenters. The van der Waals surface area contributed by atoms with Crippen molar-refractivity contribution in [1.82, 2.24) is 5.32 Å². The highest BCUT2D eigenvalue weighted by Crippen LogP contribution is 2.32. The number of non-ortho nitro benzene ring substituents is 1. The summed E-state index contributed by atoms with van der Waals surface area (Å²) in [6.45, 7) is 0.355. The summed E-state index contributed by atoms with van der Waals surface area (Å²) >= 11 is 0. The van der Waals surface area contributed by atoms with Crippen molar-refractivity contribution >= 4 is 11.6 Å². The molecular weight excluding hydrogens is 262 g/mol. The number of ether oxygens (including phenoxy) is 1. The van der Waals surface area contributed by atoms with Gasteiger partial charge in [0, 0.05) is 24.7 Å². The predicted octanol–water partition coefficient (Wildman–Crippen LogP) is 1.07. The van der Waals surface area contributed by atoms with Gasteiger partial charge in [0.05, 0.1) is 17.6 Å². The maximum Gasteiger partial charge on any atom is 0.270 e. The summed E-state index contributed by atoms with van der Waals surface area (Å²) in [7, 11) is 1.42. The van der Waals surface area contributed by atoms with Crippen molar-refractivity contribution in [3.8, 4) is 5.75 Å². The lowest BCUT2D eigenvalue weighted by molar-refractivity contribution is -0.384. The molecule has 1 amide bonds. The molecule has 0 radical (unpaired) electrons. The number of nitrogens with one attached hydrogen (secondary N) is 1. The number of rotatable bonds is 6. The largest absolute Gasteiger partial charge is 0.496 e. The van der Waals surface area contributed by atoms with Crippen LogP contribution in [0.5, 0.6) is 5.75 Å². The third-order valence-corrected chi connectivity index (χ3v) is 3.40. The van der Waals surface area contributed by atoms with Crippen LogP contribution in [0, 0.1) is 16.0 Å². The van der Waals surface area contributed by atoms with Crippen LogP contribution in [0.1, 0.15) is 23.2 Å². The van der Waals surface area contributed by atoms with Crippen LogP contribution in [0.25, 0.3) is 0 Å². The predicted molar refractivity (Wildman–Crippen MR) is 72.7 cm³/mol. The zero-order chi connectivity index (χ0) is 14.7. The summed E-state index contributed by atoms with van der Waals surface area (Å²) < 4.78 is 5.08. The van der Waals surface area contributed by atoms with Crippen LogP contribution in [-0.2, 0) is 0 Å². The molecule has 7 heteroatoms. The molecule has 0 aliphatic heterocycles. The molecule has 0 aromatic heterocycles. The fourth-order valence-electron chi connectivity index (χ4n) is 2.10. The van der Waals surface area contributed by atoms with Crippen LogP contribution >= 0.6 is 0 Å². The van der Waals surface area contributed by atoms with Crippen molar-refractivity contribution in [3.05, 3.63) is 33.9 Å². The lowest BCUT2D eigenvalue weighted by Crippen LogP contribution is -2.41. The van der Waals surface area contributed by atoms with E-state index in [1.807, 2.05) is 0 Å². The molecule has 3 N–H and O–H groups in total. The number of carbonyl (C=O) groups is 1. The number of nitro benzene ring substituents is 1. The van der Waals surface area contributed by atoms with Gasteiger partial charge in [-0.05, 0) is 24.8 Å². The Morgan fingerprint density at radius 3 is 2.80 bits per heavy atom. The first-order valence-electron chi connectivity index (χ1n) is 6.40. The highest BCUT2D eigenvalue weighted by Gasteiger charge is 2.32. The minimum atomic E-state index is -0.544. The van der Waals surface area contributed by atoms with E-state index >= 15 is 0 Å². The normalized spacial score (nSPS) is 15.5. The Bertz CT molecular complexity index is 528. The van der Waals surface area contributed by atoms with Gasteiger partial charge in [-0.15, -0.1) is 0 Å². The number of methoxy groups -OCH3 is 1. The molecule has 2 rings (SSSR count). The average molecular weight is 279 g/mol. The molecule has 1 fully saturated rings. The Hall–Kier alpha value is -2.15. The smallest absolute Gasteiger partial charge is 0.270 e. The molecule has 1 aromatic rings. The zero-order valence-electron chi connectivity index (χ0n) is 11.2. The van der Waals surface area contributed by atoms with Crippen LogP contribution in [0.15, 0.2) is 18.2 Å². The molecule has 108 valence electrons. The Balaban J connectivity index is 2.22. The maximum atomic E-state index is 12.2. The number of nitrogens with two attached hydrogens (primary N) is 1. The van der Waals surface area contributed by atoms with Gasteiger partial charge in [0.1, 0.15) is 5.75 Å². The van der Waals surface area contributed by atoms with Crippen LogP contribution in [0.3, 0.4) is 0 Å². The van der Waals surface area contributed by atoms with E-state index in [0.717, 1.165) is 12.8 Å². The number of hydrogen-bond donors (Lipinski definition) is 2. The van der Waals surface area contributed by atoms with E-state index in [4.69, 9.17) is 10.5 Å². The summed E-state index contributed by atoms with van der Waals surface area (Å²) in [6, 6.07) is 3.85. The van der Waals surface area contributed by atoms with E-state index in [2.05, 4.69) is 5.32 Å². The van der Waals surface area contributed by atoms with Crippen LogP contribution in [0.4, 0.5) is 5.69 Å². The molecule has 1 aromatic carbocycles. The molecule has 20 heavy (non-hydrogen) atoms. The van der Waals surface area contributed by atoms with Gasteiger partial charge in [0.15, 0.2) is 0 Å². The standard InChI is InChI=1S/C13H17N3O4/c1-20-12-5-4-9(16(18)19)6-10(12)13(17)15-11(7-14)8-2-3-8/h4-6,8,11H,2-3,7,14H2,1H3,(H,15,17). The van der Waals surface area contributed by atoms with Gasteiger partial charge in [0.25, 0.3) is 11.6 Å². The van der Waals surface area contributed by atoms with Crippen molar-refractivity contribution in [2.75, 3.05) is 13.7 Å². The molecule has 1 aliphatic rings. The fraction of sp³-hybridized carbons (Fsp3) is 0.462. The van der Waals surface area contributed by atoms with Crippen LogP contribution in [-0.4, -0.2) is 30.5 Å². The first kappa shape index (κ1) is 14.3. The first-order valence-corrected chi connectivity index (χ1v) is 6.40. The quantitative estimate of drug-likeness (QED) is 0.598. The van der Waals surface area contributed by atoms with Gasteiger partial charge >= 0.3 is 0 Å².